The van der Waals surface area contributed by atoms with Gasteiger partial charge in [0.15, 0.2) is 6.10 Å². The number of rotatable bonds is 38. The van der Waals surface area contributed by atoms with Gasteiger partial charge in [-0.05, 0) is 44.9 Å². The fourth-order valence-electron chi connectivity index (χ4n) is 6.06. The second-order valence-corrected chi connectivity index (χ2v) is 14.3. The molecule has 0 unspecified atom stereocenters. The SMILES string of the molecule is CCCCCCCC/C=C\CCCCCCCC(=O)O[C@@H](COC(=O)CCC)COC(=O)CCCCCCCCCCCCCCCCC. The van der Waals surface area contributed by atoms with Crippen LogP contribution in [0.4, 0.5) is 0 Å². The van der Waals surface area contributed by atoms with Gasteiger partial charge in [-0.2, -0.15) is 0 Å². The largest absolute Gasteiger partial charge is 0.462 e. The molecule has 0 N–H and O–H groups in total. The Kier molecular flexibility index (Phi) is 37.5. The van der Waals surface area contributed by atoms with Gasteiger partial charge in [0.1, 0.15) is 13.2 Å². The summed E-state index contributed by atoms with van der Waals surface area (Å²) in [6.07, 6.45) is 40.4. The molecule has 0 spiro atoms. The molecule has 0 aliphatic carbocycles. The third kappa shape index (κ3) is 37.2. The minimum Gasteiger partial charge on any atom is -0.462 e. The molecular formula is C43H80O6. The third-order valence-corrected chi connectivity index (χ3v) is 9.24. The fraction of sp³-hybridized carbons (Fsp3) is 0.884. The highest BCUT2D eigenvalue weighted by molar-refractivity contribution is 5.71. The number of carbonyl (C=O) groups is 3. The van der Waals surface area contributed by atoms with Gasteiger partial charge in [0.25, 0.3) is 0 Å². The van der Waals surface area contributed by atoms with Gasteiger partial charge in [0.2, 0.25) is 0 Å². The number of ether oxygens (including phenoxy) is 3. The first kappa shape index (κ1) is 47.1. The Morgan fingerprint density at radius 2 is 0.714 bits per heavy atom. The highest BCUT2D eigenvalue weighted by Gasteiger charge is 2.19. The first-order valence-corrected chi connectivity index (χ1v) is 21.2. The van der Waals surface area contributed by atoms with Crippen LogP contribution in [-0.4, -0.2) is 37.2 Å². The fourth-order valence-corrected chi connectivity index (χ4v) is 6.06. The van der Waals surface area contributed by atoms with Gasteiger partial charge in [-0.25, -0.2) is 0 Å². The summed E-state index contributed by atoms with van der Waals surface area (Å²) in [6.45, 7) is 6.28. The Morgan fingerprint density at radius 1 is 0.388 bits per heavy atom. The summed E-state index contributed by atoms with van der Waals surface area (Å²) in [6, 6.07) is 0. The number of unbranched alkanes of at least 4 members (excludes halogenated alkanes) is 25. The first-order valence-electron chi connectivity index (χ1n) is 21.2. The Bertz CT molecular complexity index is 763. The van der Waals surface area contributed by atoms with Crippen molar-refractivity contribution in [3.05, 3.63) is 12.2 Å². The lowest BCUT2D eigenvalue weighted by Gasteiger charge is -2.18. The highest BCUT2D eigenvalue weighted by atomic mass is 16.6. The molecule has 0 saturated heterocycles. The Labute approximate surface area is 303 Å². The molecule has 0 heterocycles. The number of allylic oxidation sites excluding steroid dienone is 2. The van der Waals surface area contributed by atoms with E-state index in [2.05, 4.69) is 26.0 Å². The molecule has 0 aliphatic heterocycles. The quantitative estimate of drug-likeness (QED) is 0.0277. The van der Waals surface area contributed by atoms with Gasteiger partial charge >= 0.3 is 17.9 Å². The molecule has 6 nitrogen and oxygen atoms in total. The molecule has 0 aromatic heterocycles. The van der Waals surface area contributed by atoms with E-state index in [0.29, 0.717) is 25.7 Å². The van der Waals surface area contributed by atoms with Crippen LogP contribution < -0.4 is 0 Å². The summed E-state index contributed by atoms with van der Waals surface area (Å²) >= 11 is 0. The van der Waals surface area contributed by atoms with Gasteiger partial charge in [0, 0.05) is 19.3 Å². The Morgan fingerprint density at radius 3 is 1.10 bits per heavy atom. The van der Waals surface area contributed by atoms with Crippen LogP contribution in [0.5, 0.6) is 0 Å². The molecule has 0 radical (unpaired) electrons. The van der Waals surface area contributed by atoms with Crippen LogP contribution in [-0.2, 0) is 28.6 Å². The van der Waals surface area contributed by atoms with E-state index >= 15 is 0 Å². The summed E-state index contributed by atoms with van der Waals surface area (Å²) in [5.41, 5.74) is 0. The van der Waals surface area contributed by atoms with E-state index in [1.807, 2.05) is 6.92 Å². The summed E-state index contributed by atoms with van der Waals surface area (Å²) in [4.78, 5) is 36.8. The molecule has 0 saturated carbocycles. The van der Waals surface area contributed by atoms with E-state index in [4.69, 9.17) is 14.2 Å². The van der Waals surface area contributed by atoms with Crippen LogP contribution in [0.25, 0.3) is 0 Å². The van der Waals surface area contributed by atoms with Crippen molar-refractivity contribution >= 4 is 17.9 Å². The van der Waals surface area contributed by atoms with Gasteiger partial charge in [-0.1, -0.05) is 174 Å². The molecule has 49 heavy (non-hydrogen) atoms. The second-order valence-electron chi connectivity index (χ2n) is 14.3. The first-order chi connectivity index (χ1) is 24.0. The average Bonchev–Trinajstić information content (AvgIpc) is 3.09. The van der Waals surface area contributed by atoms with Crippen molar-refractivity contribution in [2.24, 2.45) is 0 Å². The average molecular weight is 693 g/mol. The maximum Gasteiger partial charge on any atom is 0.306 e. The number of esters is 3. The molecule has 288 valence electrons. The second kappa shape index (κ2) is 38.9. The topological polar surface area (TPSA) is 78.9 Å². The summed E-state index contributed by atoms with van der Waals surface area (Å²) in [5, 5.41) is 0. The zero-order chi connectivity index (χ0) is 35.9. The van der Waals surface area contributed by atoms with E-state index < -0.39 is 6.10 Å². The predicted octanol–water partition coefficient (Wildman–Crippen LogP) is 13.1. The summed E-state index contributed by atoms with van der Waals surface area (Å²) in [7, 11) is 0. The Balaban J connectivity index is 3.98. The number of hydrogen-bond acceptors (Lipinski definition) is 6. The van der Waals surface area contributed by atoms with Crippen LogP contribution in [0.1, 0.15) is 226 Å². The lowest BCUT2D eigenvalue weighted by Crippen LogP contribution is -2.30. The molecule has 1 atom stereocenters. The van der Waals surface area contributed by atoms with Crippen molar-refractivity contribution in [2.75, 3.05) is 13.2 Å². The zero-order valence-electron chi connectivity index (χ0n) is 32.7. The predicted molar refractivity (Wildman–Crippen MR) is 206 cm³/mol. The monoisotopic (exact) mass is 693 g/mol. The standard InChI is InChI=1S/C43H80O6/c1-4-7-9-11-13-15-17-19-21-23-25-27-29-31-33-36-42(45)48-39-40(38-47-41(44)35-6-3)49-43(46)37-34-32-30-28-26-24-22-20-18-16-14-12-10-8-5-2/h20,22,40H,4-19,21,23-39H2,1-3H3/b22-20-/t40-/m0/s1. The van der Waals surface area contributed by atoms with Crippen LogP contribution >= 0.6 is 0 Å². The molecule has 0 rings (SSSR count). The van der Waals surface area contributed by atoms with Crippen molar-refractivity contribution in [1.82, 2.24) is 0 Å². The van der Waals surface area contributed by atoms with E-state index in [0.717, 1.165) is 44.9 Å². The van der Waals surface area contributed by atoms with Crippen molar-refractivity contribution in [1.29, 1.82) is 0 Å². The lowest BCUT2D eigenvalue weighted by molar-refractivity contribution is -0.167. The van der Waals surface area contributed by atoms with Gasteiger partial charge in [0.05, 0.1) is 0 Å². The minimum atomic E-state index is -0.763. The molecule has 0 aliphatic rings. The maximum absolute atomic E-state index is 12.5. The summed E-state index contributed by atoms with van der Waals surface area (Å²) < 4.78 is 16.3. The van der Waals surface area contributed by atoms with E-state index in [-0.39, 0.29) is 31.1 Å². The van der Waals surface area contributed by atoms with Crippen molar-refractivity contribution in [3.8, 4) is 0 Å². The van der Waals surface area contributed by atoms with Crippen LogP contribution in [0, 0.1) is 0 Å². The van der Waals surface area contributed by atoms with Gasteiger partial charge < -0.3 is 14.2 Å². The van der Waals surface area contributed by atoms with Crippen molar-refractivity contribution in [3.63, 3.8) is 0 Å². The molecule has 0 fully saturated rings. The zero-order valence-corrected chi connectivity index (χ0v) is 32.7. The van der Waals surface area contributed by atoms with Crippen LogP contribution in [0.2, 0.25) is 0 Å². The number of hydrogen-bond donors (Lipinski definition) is 0. The molecular weight excluding hydrogens is 612 g/mol. The molecule has 6 heteroatoms. The smallest absolute Gasteiger partial charge is 0.306 e. The van der Waals surface area contributed by atoms with E-state index in [9.17, 15) is 14.4 Å². The maximum atomic E-state index is 12.5. The molecule has 0 amide bonds. The van der Waals surface area contributed by atoms with Crippen LogP contribution in [0.3, 0.4) is 0 Å². The highest BCUT2D eigenvalue weighted by Crippen LogP contribution is 2.15. The van der Waals surface area contributed by atoms with E-state index in [1.54, 1.807) is 0 Å². The molecule has 0 bridgehead atoms. The van der Waals surface area contributed by atoms with Crippen molar-refractivity contribution < 1.29 is 28.6 Å². The normalized spacial score (nSPS) is 12.0. The van der Waals surface area contributed by atoms with Gasteiger partial charge in [-0.3, -0.25) is 14.4 Å². The molecule has 0 aromatic carbocycles. The lowest BCUT2D eigenvalue weighted by atomic mass is 10.0. The number of carbonyl (C=O) groups excluding carboxylic acids is 3. The van der Waals surface area contributed by atoms with Crippen molar-refractivity contribution in [2.45, 2.75) is 232 Å². The van der Waals surface area contributed by atoms with Gasteiger partial charge in [-0.15, -0.1) is 0 Å². The minimum absolute atomic E-state index is 0.0743. The van der Waals surface area contributed by atoms with Crippen LogP contribution in [0.15, 0.2) is 12.2 Å². The molecule has 0 aromatic rings. The Hall–Kier alpha value is -1.85. The summed E-state index contributed by atoms with van der Waals surface area (Å²) in [5.74, 6) is -0.939. The third-order valence-electron chi connectivity index (χ3n) is 9.24. The van der Waals surface area contributed by atoms with E-state index in [1.165, 1.54) is 135 Å².